The molecule has 0 unspecified atom stereocenters. The molecule has 0 spiro atoms. The van der Waals surface area contributed by atoms with E-state index in [0.29, 0.717) is 19.4 Å². The van der Waals surface area contributed by atoms with Crippen molar-refractivity contribution in [1.82, 2.24) is 0 Å². The molecule has 0 atom stereocenters. The van der Waals surface area contributed by atoms with Gasteiger partial charge >= 0.3 is 5.97 Å². The third-order valence-electron chi connectivity index (χ3n) is 2.94. The summed E-state index contributed by atoms with van der Waals surface area (Å²) in [4.78, 5) is 11.4. The van der Waals surface area contributed by atoms with Gasteiger partial charge in [0.05, 0.1) is 6.61 Å². The fourth-order valence-corrected chi connectivity index (χ4v) is 1.48. The SMILES string of the molecule is CCCCCCCOC(=O)CCC(C)(C)CO. The van der Waals surface area contributed by atoms with Crippen LogP contribution in [0.2, 0.25) is 0 Å². The van der Waals surface area contributed by atoms with Crippen LogP contribution >= 0.6 is 0 Å². The number of aliphatic hydroxyl groups excluding tert-OH is 1. The van der Waals surface area contributed by atoms with E-state index in [1.54, 1.807) is 0 Å². The third kappa shape index (κ3) is 10.3. The van der Waals surface area contributed by atoms with Gasteiger partial charge in [-0.3, -0.25) is 4.79 Å². The zero-order valence-electron chi connectivity index (χ0n) is 11.6. The van der Waals surface area contributed by atoms with Crippen LogP contribution in [0.3, 0.4) is 0 Å². The molecule has 0 heterocycles. The third-order valence-corrected chi connectivity index (χ3v) is 2.94. The minimum Gasteiger partial charge on any atom is -0.466 e. The number of unbranched alkanes of at least 4 members (excludes halogenated alkanes) is 4. The van der Waals surface area contributed by atoms with Crippen molar-refractivity contribution in [2.45, 2.75) is 65.7 Å². The molecule has 0 saturated carbocycles. The van der Waals surface area contributed by atoms with Crippen molar-refractivity contribution >= 4 is 5.97 Å². The average molecular weight is 244 g/mol. The highest BCUT2D eigenvalue weighted by Gasteiger charge is 2.18. The van der Waals surface area contributed by atoms with Crippen molar-refractivity contribution in [1.29, 1.82) is 0 Å². The molecule has 0 bridgehead atoms. The van der Waals surface area contributed by atoms with Gasteiger partial charge in [-0.05, 0) is 18.3 Å². The van der Waals surface area contributed by atoms with E-state index in [-0.39, 0.29) is 18.0 Å². The fourth-order valence-electron chi connectivity index (χ4n) is 1.48. The Balaban J connectivity index is 3.41. The second-order valence-corrected chi connectivity index (χ2v) is 5.46. The highest BCUT2D eigenvalue weighted by molar-refractivity contribution is 5.69. The zero-order chi connectivity index (χ0) is 13.1. The smallest absolute Gasteiger partial charge is 0.305 e. The quantitative estimate of drug-likeness (QED) is 0.474. The molecule has 102 valence electrons. The normalized spacial score (nSPS) is 11.5. The Morgan fingerprint density at radius 2 is 1.82 bits per heavy atom. The van der Waals surface area contributed by atoms with Crippen LogP contribution in [0, 0.1) is 5.41 Å². The minimum absolute atomic E-state index is 0.108. The van der Waals surface area contributed by atoms with Gasteiger partial charge in [0.15, 0.2) is 0 Å². The molecule has 17 heavy (non-hydrogen) atoms. The van der Waals surface area contributed by atoms with Crippen molar-refractivity contribution in [3.05, 3.63) is 0 Å². The van der Waals surface area contributed by atoms with Crippen LogP contribution in [0.1, 0.15) is 65.7 Å². The Labute approximate surface area is 106 Å². The Morgan fingerprint density at radius 3 is 2.41 bits per heavy atom. The number of hydrogen-bond acceptors (Lipinski definition) is 3. The van der Waals surface area contributed by atoms with Gasteiger partial charge in [-0.2, -0.15) is 0 Å². The fraction of sp³-hybridized carbons (Fsp3) is 0.929. The summed E-state index contributed by atoms with van der Waals surface area (Å²) in [6, 6.07) is 0. The largest absolute Gasteiger partial charge is 0.466 e. The Hall–Kier alpha value is -0.570. The van der Waals surface area contributed by atoms with Gasteiger partial charge < -0.3 is 9.84 Å². The van der Waals surface area contributed by atoms with Crippen molar-refractivity contribution < 1.29 is 14.6 Å². The molecule has 0 radical (unpaired) electrons. The van der Waals surface area contributed by atoms with Crippen LogP contribution in [-0.4, -0.2) is 24.3 Å². The van der Waals surface area contributed by atoms with Crippen LogP contribution in [0.25, 0.3) is 0 Å². The van der Waals surface area contributed by atoms with Crippen molar-refractivity contribution in [2.75, 3.05) is 13.2 Å². The first-order valence-corrected chi connectivity index (χ1v) is 6.78. The topological polar surface area (TPSA) is 46.5 Å². The summed E-state index contributed by atoms with van der Waals surface area (Å²) in [7, 11) is 0. The van der Waals surface area contributed by atoms with E-state index in [1.807, 2.05) is 13.8 Å². The molecule has 0 rings (SSSR count). The lowest BCUT2D eigenvalue weighted by atomic mass is 9.89. The summed E-state index contributed by atoms with van der Waals surface area (Å²) in [5, 5.41) is 9.05. The molecule has 3 heteroatoms. The number of rotatable bonds is 10. The number of hydrogen-bond donors (Lipinski definition) is 1. The lowest BCUT2D eigenvalue weighted by molar-refractivity contribution is -0.144. The van der Waals surface area contributed by atoms with Gasteiger partial charge in [0.25, 0.3) is 0 Å². The van der Waals surface area contributed by atoms with Crippen molar-refractivity contribution in [3.8, 4) is 0 Å². The average Bonchev–Trinajstić information content (AvgIpc) is 2.31. The number of aliphatic hydroxyl groups is 1. The lowest BCUT2D eigenvalue weighted by Crippen LogP contribution is -2.19. The molecule has 0 saturated heterocycles. The maximum absolute atomic E-state index is 11.4. The first-order chi connectivity index (χ1) is 8.02. The highest BCUT2D eigenvalue weighted by atomic mass is 16.5. The summed E-state index contributed by atoms with van der Waals surface area (Å²) in [5.41, 5.74) is -0.180. The molecular weight excluding hydrogens is 216 g/mol. The maximum atomic E-state index is 11.4. The highest BCUT2D eigenvalue weighted by Crippen LogP contribution is 2.21. The molecule has 0 aromatic rings. The van der Waals surface area contributed by atoms with Gasteiger partial charge in [-0.15, -0.1) is 0 Å². The van der Waals surface area contributed by atoms with Crippen LogP contribution in [-0.2, 0) is 9.53 Å². The molecule has 0 aromatic heterocycles. The second kappa shape index (κ2) is 9.46. The predicted octanol–water partition coefficient (Wildman–Crippen LogP) is 3.30. The molecule has 0 aliphatic carbocycles. The van der Waals surface area contributed by atoms with E-state index in [0.717, 1.165) is 12.8 Å². The van der Waals surface area contributed by atoms with Crippen LogP contribution < -0.4 is 0 Å². The molecule has 0 fully saturated rings. The van der Waals surface area contributed by atoms with E-state index >= 15 is 0 Å². The summed E-state index contributed by atoms with van der Waals surface area (Å²) < 4.78 is 5.14. The molecule has 3 nitrogen and oxygen atoms in total. The first-order valence-electron chi connectivity index (χ1n) is 6.78. The van der Waals surface area contributed by atoms with Gasteiger partial charge in [0, 0.05) is 13.0 Å². The molecule has 1 N–H and O–H groups in total. The van der Waals surface area contributed by atoms with Gasteiger partial charge in [0.1, 0.15) is 0 Å². The predicted molar refractivity (Wildman–Crippen MR) is 69.8 cm³/mol. The summed E-state index contributed by atoms with van der Waals surface area (Å²) in [5.74, 6) is -0.137. The van der Waals surface area contributed by atoms with Gasteiger partial charge in [-0.1, -0.05) is 46.5 Å². The van der Waals surface area contributed by atoms with E-state index < -0.39 is 0 Å². The minimum atomic E-state index is -0.180. The number of ether oxygens (including phenoxy) is 1. The van der Waals surface area contributed by atoms with Crippen LogP contribution in [0.15, 0.2) is 0 Å². The molecule has 0 aliphatic rings. The molecular formula is C14H28O3. The Bertz CT molecular complexity index is 200. The summed E-state index contributed by atoms with van der Waals surface area (Å²) >= 11 is 0. The summed E-state index contributed by atoms with van der Waals surface area (Å²) in [6.45, 7) is 6.73. The number of carbonyl (C=O) groups excluding carboxylic acids is 1. The lowest BCUT2D eigenvalue weighted by Gasteiger charge is -2.20. The molecule has 0 aliphatic heterocycles. The zero-order valence-corrected chi connectivity index (χ0v) is 11.6. The van der Waals surface area contributed by atoms with Gasteiger partial charge in [-0.25, -0.2) is 0 Å². The maximum Gasteiger partial charge on any atom is 0.305 e. The van der Waals surface area contributed by atoms with E-state index in [1.165, 1.54) is 19.3 Å². The number of esters is 1. The number of carbonyl (C=O) groups is 1. The Kier molecular flexibility index (Phi) is 9.14. The first kappa shape index (κ1) is 16.4. The van der Waals surface area contributed by atoms with Crippen molar-refractivity contribution in [3.63, 3.8) is 0 Å². The van der Waals surface area contributed by atoms with E-state index in [2.05, 4.69) is 6.92 Å². The van der Waals surface area contributed by atoms with E-state index in [9.17, 15) is 4.79 Å². The van der Waals surface area contributed by atoms with E-state index in [4.69, 9.17) is 9.84 Å². The van der Waals surface area contributed by atoms with Crippen molar-refractivity contribution in [2.24, 2.45) is 5.41 Å². The molecule has 0 amide bonds. The van der Waals surface area contributed by atoms with Crippen LogP contribution in [0.5, 0.6) is 0 Å². The Morgan fingerprint density at radius 1 is 1.18 bits per heavy atom. The second-order valence-electron chi connectivity index (χ2n) is 5.46. The monoisotopic (exact) mass is 244 g/mol. The van der Waals surface area contributed by atoms with Gasteiger partial charge in [0.2, 0.25) is 0 Å². The van der Waals surface area contributed by atoms with Crippen LogP contribution in [0.4, 0.5) is 0 Å². The summed E-state index contributed by atoms with van der Waals surface area (Å²) in [6.07, 6.45) is 6.92. The standard InChI is InChI=1S/C14H28O3/c1-4-5-6-7-8-11-17-13(16)9-10-14(2,3)12-15/h15H,4-12H2,1-3H3. The molecule has 0 aromatic carbocycles.